The van der Waals surface area contributed by atoms with Crippen LogP contribution in [0.2, 0.25) is 0 Å². The van der Waals surface area contributed by atoms with E-state index in [0.29, 0.717) is 26.1 Å². The molecule has 1 aromatic heterocycles. The molecule has 1 heterocycles. The topological polar surface area (TPSA) is 72.4 Å². The number of H-pyrrole nitrogens is 1. The van der Waals surface area contributed by atoms with Gasteiger partial charge < -0.3 is 10.2 Å². The third-order valence-electron chi connectivity index (χ3n) is 3.29. The number of rotatable bonds is 8. The minimum absolute atomic E-state index is 0.0646. The van der Waals surface area contributed by atoms with Crippen molar-refractivity contribution in [2.24, 2.45) is 0 Å². The number of aliphatic hydroxyl groups is 2. The number of hydrogen-bond donors (Lipinski definition) is 3. The van der Waals surface area contributed by atoms with Crippen LogP contribution in [0, 0.1) is 5.82 Å². The normalized spacial score (nSPS) is 11.2. The lowest BCUT2D eigenvalue weighted by Gasteiger charge is -2.20. The van der Waals surface area contributed by atoms with Gasteiger partial charge in [-0.2, -0.15) is 5.10 Å². The fraction of sp³-hybridized carbons (Fsp3) is 0.400. The molecule has 0 saturated carbocycles. The molecule has 0 atom stereocenters. The average molecular weight is 293 g/mol. The van der Waals surface area contributed by atoms with Gasteiger partial charge in [0.1, 0.15) is 5.82 Å². The lowest BCUT2D eigenvalue weighted by molar-refractivity contribution is 0.174. The molecule has 2 aromatic rings. The molecule has 6 heteroatoms. The molecule has 3 N–H and O–H groups in total. The molecule has 0 aliphatic rings. The van der Waals surface area contributed by atoms with Crippen LogP contribution >= 0.6 is 0 Å². The Morgan fingerprint density at radius 1 is 1.10 bits per heavy atom. The van der Waals surface area contributed by atoms with E-state index in [2.05, 4.69) is 10.2 Å². The summed E-state index contributed by atoms with van der Waals surface area (Å²) in [6.45, 7) is 2.04. The van der Waals surface area contributed by atoms with E-state index in [1.54, 1.807) is 18.3 Å². The number of hydrogen-bond acceptors (Lipinski definition) is 4. The number of aliphatic hydroxyl groups excluding tert-OH is 2. The average Bonchev–Trinajstić information content (AvgIpc) is 2.94. The zero-order valence-corrected chi connectivity index (χ0v) is 11.8. The summed E-state index contributed by atoms with van der Waals surface area (Å²) in [5, 5.41) is 25.0. The van der Waals surface area contributed by atoms with Crippen LogP contribution < -0.4 is 0 Å². The summed E-state index contributed by atoms with van der Waals surface area (Å²) in [7, 11) is 0. The van der Waals surface area contributed by atoms with E-state index in [0.717, 1.165) is 16.8 Å². The number of halogens is 1. The quantitative estimate of drug-likeness (QED) is 0.688. The maximum absolute atomic E-state index is 13.0. The van der Waals surface area contributed by atoms with Crippen molar-refractivity contribution < 1.29 is 14.6 Å². The van der Waals surface area contributed by atoms with Crippen LogP contribution in [0.1, 0.15) is 12.0 Å². The molecular formula is C15H20FN3O2. The summed E-state index contributed by atoms with van der Waals surface area (Å²) < 4.78 is 13.0. The van der Waals surface area contributed by atoms with Gasteiger partial charge in [-0.15, -0.1) is 0 Å². The van der Waals surface area contributed by atoms with Gasteiger partial charge in [0.25, 0.3) is 0 Å². The first-order valence-corrected chi connectivity index (χ1v) is 6.97. The van der Waals surface area contributed by atoms with Crippen LogP contribution in [0.15, 0.2) is 30.5 Å². The van der Waals surface area contributed by atoms with Crippen LogP contribution in [0.3, 0.4) is 0 Å². The first kappa shape index (κ1) is 15.6. The van der Waals surface area contributed by atoms with Crippen LogP contribution in [0.4, 0.5) is 4.39 Å². The second kappa shape index (κ2) is 7.87. The van der Waals surface area contributed by atoms with Crippen LogP contribution in [-0.4, -0.2) is 51.6 Å². The molecule has 0 amide bonds. The molecule has 0 fully saturated rings. The molecule has 1 aromatic carbocycles. The third-order valence-corrected chi connectivity index (χ3v) is 3.29. The van der Waals surface area contributed by atoms with E-state index in [9.17, 15) is 4.39 Å². The third kappa shape index (κ3) is 4.35. The first-order chi connectivity index (χ1) is 10.2. The van der Waals surface area contributed by atoms with Gasteiger partial charge in [-0.1, -0.05) is 0 Å². The molecule has 0 bridgehead atoms. The highest BCUT2D eigenvalue weighted by Gasteiger charge is 2.12. The van der Waals surface area contributed by atoms with Gasteiger partial charge in [-0.3, -0.25) is 10.00 Å². The SMILES string of the molecule is OCCCN(CCO)Cc1cn[nH]c1-c1ccc(F)cc1. The van der Waals surface area contributed by atoms with Crippen molar-refractivity contribution in [1.82, 2.24) is 15.1 Å². The fourth-order valence-electron chi connectivity index (χ4n) is 2.24. The standard InChI is InChI=1S/C15H20FN3O2/c16-14-4-2-12(3-5-14)15-13(10-17-18-15)11-19(7-9-21)6-1-8-20/h2-5,10,20-21H,1,6-9,11H2,(H,17,18). The highest BCUT2D eigenvalue weighted by molar-refractivity contribution is 5.62. The molecular weight excluding hydrogens is 273 g/mol. The maximum atomic E-state index is 13.0. The highest BCUT2D eigenvalue weighted by atomic mass is 19.1. The molecule has 0 aliphatic heterocycles. The van der Waals surface area contributed by atoms with E-state index in [4.69, 9.17) is 10.2 Å². The zero-order chi connectivity index (χ0) is 15.1. The number of aromatic amines is 1. The van der Waals surface area contributed by atoms with Gasteiger partial charge in [0.05, 0.1) is 18.5 Å². The van der Waals surface area contributed by atoms with Gasteiger partial charge in [0.15, 0.2) is 0 Å². The molecule has 114 valence electrons. The van der Waals surface area contributed by atoms with E-state index in [-0.39, 0.29) is 19.0 Å². The number of nitrogens with zero attached hydrogens (tertiary/aromatic N) is 2. The minimum Gasteiger partial charge on any atom is -0.396 e. The van der Waals surface area contributed by atoms with Gasteiger partial charge in [-0.25, -0.2) is 4.39 Å². The van der Waals surface area contributed by atoms with Crippen molar-refractivity contribution in [1.29, 1.82) is 0 Å². The van der Waals surface area contributed by atoms with E-state index < -0.39 is 0 Å². The van der Waals surface area contributed by atoms with Crippen molar-refractivity contribution in [3.05, 3.63) is 41.8 Å². The summed E-state index contributed by atoms with van der Waals surface area (Å²) in [4.78, 5) is 2.05. The van der Waals surface area contributed by atoms with Gasteiger partial charge in [0.2, 0.25) is 0 Å². The van der Waals surface area contributed by atoms with Crippen molar-refractivity contribution >= 4 is 0 Å². The molecule has 0 saturated heterocycles. The Bertz CT molecular complexity index is 542. The molecule has 5 nitrogen and oxygen atoms in total. The number of aromatic nitrogens is 2. The Kier molecular flexibility index (Phi) is 5.86. The summed E-state index contributed by atoms with van der Waals surface area (Å²) in [5.74, 6) is -0.273. The van der Waals surface area contributed by atoms with Crippen molar-refractivity contribution in [2.45, 2.75) is 13.0 Å². The molecule has 0 aliphatic carbocycles. The van der Waals surface area contributed by atoms with Crippen molar-refractivity contribution in [2.75, 3.05) is 26.3 Å². The van der Waals surface area contributed by atoms with E-state index in [1.807, 2.05) is 4.90 Å². The predicted molar refractivity (Wildman–Crippen MR) is 78.0 cm³/mol. The van der Waals surface area contributed by atoms with Crippen molar-refractivity contribution in [3.8, 4) is 11.3 Å². The largest absolute Gasteiger partial charge is 0.396 e. The lowest BCUT2D eigenvalue weighted by Crippen LogP contribution is -2.28. The van der Waals surface area contributed by atoms with Gasteiger partial charge in [0, 0.05) is 37.4 Å². The number of benzene rings is 1. The Balaban J connectivity index is 2.13. The molecule has 21 heavy (non-hydrogen) atoms. The summed E-state index contributed by atoms with van der Waals surface area (Å²) >= 11 is 0. The van der Waals surface area contributed by atoms with Crippen LogP contribution in [0.25, 0.3) is 11.3 Å². The second-order valence-electron chi connectivity index (χ2n) is 4.85. The highest BCUT2D eigenvalue weighted by Crippen LogP contribution is 2.22. The molecule has 0 radical (unpaired) electrons. The Hall–Kier alpha value is -1.76. The fourth-order valence-corrected chi connectivity index (χ4v) is 2.24. The lowest BCUT2D eigenvalue weighted by atomic mass is 10.1. The summed E-state index contributed by atoms with van der Waals surface area (Å²) in [6.07, 6.45) is 2.39. The summed E-state index contributed by atoms with van der Waals surface area (Å²) in [5.41, 5.74) is 2.70. The predicted octanol–water partition coefficient (Wildman–Crippen LogP) is 1.39. The molecule has 0 unspecified atom stereocenters. The molecule has 2 rings (SSSR count). The van der Waals surface area contributed by atoms with E-state index >= 15 is 0 Å². The van der Waals surface area contributed by atoms with E-state index in [1.165, 1.54) is 12.1 Å². The van der Waals surface area contributed by atoms with Crippen LogP contribution in [-0.2, 0) is 6.54 Å². The molecule has 0 spiro atoms. The smallest absolute Gasteiger partial charge is 0.123 e. The Morgan fingerprint density at radius 2 is 1.86 bits per heavy atom. The Labute approximate surface area is 123 Å². The van der Waals surface area contributed by atoms with Gasteiger partial charge in [-0.05, 0) is 30.7 Å². The number of nitrogens with one attached hydrogen (secondary N) is 1. The van der Waals surface area contributed by atoms with Gasteiger partial charge >= 0.3 is 0 Å². The van der Waals surface area contributed by atoms with Crippen molar-refractivity contribution in [3.63, 3.8) is 0 Å². The zero-order valence-electron chi connectivity index (χ0n) is 11.8. The van der Waals surface area contributed by atoms with Crippen LogP contribution in [0.5, 0.6) is 0 Å². The first-order valence-electron chi connectivity index (χ1n) is 6.97. The Morgan fingerprint density at radius 3 is 2.52 bits per heavy atom. The second-order valence-corrected chi connectivity index (χ2v) is 4.85. The monoisotopic (exact) mass is 293 g/mol. The minimum atomic E-state index is -0.273. The summed E-state index contributed by atoms with van der Waals surface area (Å²) in [6, 6.07) is 6.24. The maximum Gasteiger partial charge on any atom is 0.123 e.